The Kier molecular flexibility index (Phi) is 6.91. The number of nitrogens with zero attached hydrogens (tertiary/aromatic N) is 1. The van der Waals surface area contributed by atoms with Gasteiger partial charge in [-0.25, -0.2) is 13.1 Å². The fourth-order valence-corrected chi connectivity index (χ4v) is 6.61. The van der Waals surface area contributed by atoms with Crippen LogP contribution in [0.1, 0.15) is 30.4 Å². The van der Waals surface area contributed by atoms with Gasteiger partial charge in [0.2, 0.25) is 10.0 Å². The summed E-state index contributed by atoms with van der Waals surface area (Å²) in [6, 6.07) is 19.0. The highest BCUT2D eigenvalue weighted by Gasteiger charge is 2.40. The minimum absolute atomic E-state index is 0.207. The second-order valence-corrected chi connectivity index (χ2v) is 11.1. The lowest BCUT2D eigenvalue weighted by Crippen LogP contribution is -2.55. The van der Waals surface area contributed by atoms with Crippen molar-refractivity contribution in [2.24, 2.45) is 0 Å². The molecule has 3 aromatic rings. The maximum absolute atomic E-state index is 13.1. The highest BCUT2D eigenvalue weighted by molar-refractivity contribution is 7.89. The summed E-state index contributed by atoms with van der Waals surface area (Å²) in [5.74, 6) is -0.511. The molecule has 0 saturated heterocycles. The van der Waals surface area contributed by atoms with Crippen LogP contribution in [0.3, 0.4) is 0 Å². The van der Waals surface area contributed by atoms with Gasteiger partial charge in [-0.1, -0.05) is 36.4 Å². The second kappa shape index (κ2) is 10.00. The molecule has 2 N–H and O–H groups in total. The number of hydrogen-bond acceptors (Lipinski definition) is 5. The van der Waals surface area contributed by atoms with Crippen LogP contribution >= 0.6 is 0 Å². The first-order chi connectivity index (χ1) is 17.6. The normalized spacial score (nSPS) is 22.1. The van der Waals surface area contributed by atoms with E-state index in [0.29, 0.717) is 19.3 Å². The van der Waals surface area contributed by atoms with Gasteiger partial charge in [0.15, 0.2) is 0 Å². The maximum atomic E-state index is 13.1. The third-order valence-electron chi connectivity index (χ3n) is 6.99. The van der Waals surface area contributed by atoms with E-state index < -0.39 is 34.3 Å². The first kappa shape index (κ1) is 25.6. The molecule has 0 radical (unpaired) electrons. The lowest BCUT2D eigenvalue weighted by molar-refractivity contribution is -0.274. The number of benzene rings is 3. The third-order valence-corrected chi connectivity index (χ3v) is 8.50. The van der Waals surface area contributed by atoms with Crippen LogP contribution in [-0.2, 0) is 22.9 Å². The van der Waals surface area contributed by atoms with Gasteiger partial charge in [0.1, 0.15) is 5.75 Å². The molecule has 1 saturated carbocycles. The zero-order chi connectivity index (χ0) is 26.2. The summed E-state index contributed by atoms with van der Waals surface area (Å²) in [6.07, 6.45) is -2.38. The molecule has 3 atom stereocenters. The second-order valence-electron chi connectivity index (χ2n) is 9.36. The van der Waals surface area contributed by atoms with Crippen molar-refractivity contribution in [2.45, 2.75) is 61.5 Å². The van der Waals surface area contributed by atoms with Crippen LogP contribution in [0.5, 0.6) is 5.75 Å². The molecule has 1 aliphatic heterocycles. The van der Waals surface area contributed by atoms with Crippen molar-refractivity contribution in [3.8, 4) is 5.75 Å². The minimum Gasteiger partial charge on any atom is -0.406 e. The Balaban J connectivity index is 1.41. The van der Waals surface area contributed by atoms with E-state index in [-0.39, 0.29) is 10.9 Å². The molecule has 0 bridgehead atoms. The van der Waals surface area contributed by atoms with Crippen molar-refractivity contribution in [2.75, 3.05) is 4.90 Å². The summed E-state index contributed by atoms with van der Waals surface area (Å²) in [5, 5.41) is 11.5. The predicted octanol–water partition coefficient (Wildman–Crippen LogP) is 5.08. The number of anilines is 2. The van der Waals surface area contributed by atoms with E-state index in [0.717, 1.165) is 59.6 Å². The van der Waals surface area contributed by atoms with E-state index in [4.69, 9.17) is 0 Å². The van der Waals surface area contributed by atoms with Crippen LogP contribution in [0.15, 0.2) is 77.7 Å². The molecule has 10 heteroatoms. The molecule has 1 unspecified atom stereocenters. The Morgan fingerprint density at radius 1 is 0.865 bits per heavy atom. The molecule has 3 aromatic carbocycles. The molecule has 0 spiro atoms. The van der Waals surface area contributed by atoms with Crippen LogP contribution in [0.2, 0.25) is 0 Å². The van der Waals surface area contributed by atoms with Crippen LogP contribution in [-0.4, -0.2) is 38.1 Å². The molecule has 1 heterocycles. The van der Waals surface area contributed by atoms with Gasteiger partial charge in [0.05, 0.1) is 23.1 Å². The van der Waals surface area contributed by atoms with Gasteiger partial charge in [-0.2, -0.15) is 0 Å². The number of fused-ring (bicyclic) bond motifs is 2. The number of hydrogen-bond donors (Lipinski definition) is 2. The summed E-state index contributed by atoms with van der Waals surface area (Å²) < 4.78 is 69.9. The highest BCUT2D eigenvalue weighted by atomic mass is 32.2. The number of alkyl halides is 3. The fraction of sp³-hybridized carbons (Fsp3) is 0.333. The lowest BCUT2D eigenvalue weighted by atomic mass is 9.86. The first-order valence-corrected chi connectivity index (χ1v) is 13.6. The Bertz CT molecular complexity index is 1320. The molecule has 6 nitrogen and oxygen atoms in total. The number of halogens is 3. The first-order valence-electron chi connectivity index (χ1n) is 12.1. The highest BCUT2D eigenvalue weighted by Crippen LogP contribution is 2.41. The summed E-state index contributed by atoms with van der Waals surface area (Å²) in [7, 11) is -4.10. The summed E-state index contributed by atoms with van der Waals surface area (Å²) >= 11 is 0. The molecule has 5 rings (SSSR count). The van der Waals surface area contributed by atoms with Gasteiger partial charge < -0.3 is 14.7 Å². The number of aliphatic hydroxyl groups is 1. The molecule has 1 aliphatic carbocycles. The van der Waals surface area contributed by atoms with Crippen molar-refractivity contribution >= 4 is 21.4 Å². The molecular weight excluding hydrogens is 505 g/mol. The third kappa shape index (κ3) is 5.46. The van der Waals surface area contributed by atoms with E-state index >= 15 is 0 Å². The molecule has 0 amide bonds. The summed E-state index contributed by atoms with van der Waals surface area (Å²) in [6.45, 7) is 0. The predicted molar refractivity (Wildman–Crippen MR) is 133 cm³/mol. The number of rotatable bonds is 5. The zero-order valence-corrected chi connectivity index (χ0v) is 20.7. The van der Waals surface area contributed by atoms with Gasteiger partial charge >= 0.3 is 6.36 Å². The van der Waals surface area contributed by atoms with Crippen LogP contribution in [0.4, 0.5) is 24.5 Å². The van der Waals surface area contributed by atoms with E-state index in [1.807, 2.05) is 36.4 Å². The van der Waals surface area contributed by atoms with E-state index in [1.54, 1.807) is 0 Å². The van der Waals surface area contributed by atoms with E-state index in [2.05, 4.69) is 26.5 Å². The quantitative estimate of drug-likeness (QED) is 0.479. The van der Waals surface area contributed by atoms with Gasteiger partial charge in [0, 0.05) is 11.4 Å². The zero-order valence-electron chi connectivity index (χ0n) is 19.9. The lowest BCUT2D eigenvalue weighted by Gasteiger charge is -2.43. The molecule has 37 heavy (non-hydrogen) atoms. The van der Waals surface area contributed by atoms with E-state index in [1.165, 1.54) is 0 Å². The molecule has 1 fully saturated rings. The Morgan fingerprint density at radius 3 is 2.00 bits per heavy atom. The average Bonchev–Trinajstić information content (AvgIpc) is 3.02. The minimum atomic E-state index is -4.87. The number of aliphatic hydroxyl groups excluding tert-OH is 1. The van der Waals surface area contributed by atoms with Crippen molar-refractivity contribution in [3.05, 3.63) is 83.9 Å². The molecule has 0 aromatic heterocycles. The summed E-state index contributed by atoms with van der Waals surface area (Å²) in [4.78, 5) is 1.94. The molecular formula is C27H27F3N2O4S. The van der Waals surface area contributed by atoms with Gasteiger partial charge in [0.25, 0.3) is 0 Å². The number of ether oxygens (including phenoxy) is 1. The van der Waals surface area contributed by atoms with Crippen LogP contribution in [0.25, 0.3) is 0 Å². The number of aryl methyl sites for hydroxylation is 2. The number of para-hydroxylation sites is 2. The SMILES string of the molecule is O=S(=O)(NC1CCC[C@H](N2c3ccccc3CCc3ccccc32)[C@H]1O)c1ccc(OC(F)(F)F)cc1. The smallest absolute Gasteiger partial charge is 0.406 e. The Morgan fingerprint density at radius 2 is 1.43 bits per heavy atom. The van der Waals surface area contributed by atoms with Gasteiger partial charge in [-0.15, -0.1) is 13.2 Å². The Hall–Kier alpha value is -3.08. The van der Waals surface area contributed by atoms with Crippen molar-refractivity contribution in [1.29, 1.82) is 0 Å². The van der Waals surface area contributed by atoms with Gasteiger partial charge in [-0.05, 0) is 79.6 Å². The summed E-state index contributed by atoms with van der Waals surface area (Å²) in [5.41, 5.74) is 4.32. The molecule has 2 aliphatic rings. The van der Waals surface area contributed by atoms with Gasteiger partial charge in [-0.3, -0.25) is 0 Å². The monoisotopic (exact) mass is 532 g/mol. The van der Waals surface area contributed by atoms with Crippen molar-refractivity contribution in [3.63, 3.8) is 0 Å². The van der Waals surface area contributed by atoms with Crippen molar-refractivity contribution < 1.29 is 31.4 Å². The van der Waals surface area contributed by atoms with E-state index in [9.17, 15) is 26.7 Å². The standard InChI is InChI=1S/C27H27F3N2O4S/c28-27(29,30)36-20-14-16-21(17-15-20)37(34,35)31-22-8-5-11-25(26(22)33)32-23-9-3-1-6-18(23)12-13-19-7-2-4-10-24(19)32/h1-4,6-7,9-10,14-17,22,25-26,31,33H,5,8,11-13H2/t22?,25-,26-/m0/s1. The van der Waals surface area contributed by atoms with Crippen LogP contribution in [0, 0.1) is 0 Å². The fourth-order valence-electron chi connectivity index (χ4n) is 5.33. The maximum Gasteiger partial charge on any atom is 0.573 e. The van der Waals surface area contributed by atoms with Crippen LogP contribution < -0.4 is 14.4 Å². The number of nitrogens with one attached hydrogen (secondary N) is 1. The Labute approximate surface area is 213 Å². The number of sulfonamides is 1. The largest absolute Gasteiger partial charge is 0.573 e. The van der Waals surface area contributed by atoms with Crippen molar-refractivity contribution in [1.82, 2.24) is 4.72 Å². The average molecular weight is 533 g/mol. The molecule has 196 valence electrons. The topological polar surface area (TPSA) is 78.9 Å².